The lowest BCUT2D eigenvalue weighted by Crippen LogP contribution is -2.13. The Balaban J connectivity index is 2.10. The number of hydrogen-bond acceptors (Lipinski definition) is 3. The second-order valence-corrected chi connectivity index (χ2v) is 5.66. The van der Waals surface area contributed by atoms with E-state index in [1.165, 1.54) is 0 Å². The van der Waals surface area contributed by atoms with E-state index in [2.05, 4.69) is 17.2 Å². The summed E-state index contributed by atoms with van der Waals surface area (Å²) in [6.45, 7) is 5.81. The fourth-order valence-electron chi connectivity index (χ4n) is 1.84. The molecule has 0 unspecified atom stereocenters. The van der Waals surface area contributed by atoms with Gasteiger partial charge >= 0.3 is 0 Å². The zero-order chi connectivity index (χ0) is 15.2. The van der Waals surface area contributed by atoms with E-state index in [4.69, 9.17) is 27.9 Å². The Morgan fingerprint density at radius 2 is 2.00 bits per heavy atom. The summed E-state index contributed by atoms with van der Waals surface area (Å²) >= 11 is 12.4. The lowest BCUT2D eigenvalue weighted by Gasteiger charge is -2.10. The summed E-state index contributed by atoms with van der Waals surface area (Å²) in [5.41, 5.74) is 2.10. The molecule has 112 valence electrons. The van der Waals surface area contributed by atoms with Crippen molar-refractivity contribution in [2.45, 2.75) is 26.8 Å². The Labute approximate surface area is 135 Å². The maximum absolute atomic E-state index is 6.22. The number of benzene rings is 1. The van der Waals surface area contributed by atoms with Crippen LogP contribution in [0.2, 0.25) is 10.0 Å². The number of nitrogens with one attached hydrogen (secondary N) is 1. The lowest BCUT2D eigenvalue weighted by atomic mass is 10.2. The van der Waals surface area contributed by atoms with Gasteiger partial charge in [-0.2, -0.15) is 0 Å². The highest BCUT2D eigenvalue weighted by molar-refractivity contribution is 6.32. The monoisotopic (exact) mass is 324 g/mol. The molecule has 3 nitrogen and oxygen atoms in total. The first-order valence-corrected chi connectivity index (χ1v) is 7.65. The second kappa shape index (κ2) is 7.64. The molecule has 21 heavy (non-hydrogen) atoms. The number of nitrogens with zero attached hydrogens (tertiary/aromatic N) is 1. The van der Waals surface area contributed by atoms with E-state index in [-0.39, 0.29) is 0 Å². The number of aryl methyl sites for hydroxylation is 1. The fraction of sp³-hybridized carbons (Fsp3) is 0.312. The van der Waals surface area contributed by atoms with Gasteiger partial charge in [0.2, 0.25) is 5.88 Å². The van der Waals surface area contributed by atoms with Crippen LogP contribution in [0.15, 0.2) is 30.5 Å². The third kappa shape index (κ3) is 4.60. The molecule has 1 N–H and O–H groups in total. The predicted molar refractivity (Wildman–Crippen MR) is 87.5 cm³/mol. The fourth-order valence-corrected chi connectivity index (χ4v) is 2.34. The molecule has 0 fully saturated rings. The van der Waals surface area contributed by atoms with Crippen molar-refractivity contribution in [3.05, 3.63) is 51.6 Å². The minimum atomic E-state index is 0.363. The zero-order valence-corrected chi connectivity index (χ0v) is 13.6. The summed E-state index contributed by atoms with van der Waals surface area (Å²) in [5, 5.41) is 4.32. The molecule has 1 aromatic heterocycles. The van der Waals surface area contributed by atoms with Crippen molar-refractivity contribution >= 4 is 23.2 Å². The van der Waals surface area contributed by atoms with Gasteiger partial charge in [-0.25, -0.2) is 4.98 Å². The van der Waals surface area contributed by atoms with Gasteiger partial charge in [-0.15, -0.1) is 0 Å². The quantitative estimate of drug-likeness (QED) is 0.760. The Morgan fingerprint density at radius 1 is 1.19 bits per heavy atom. The van der Waals surface area contributed by atoms with Crippen LogP contribution in [0.1, 0.15) is 24.5 Å². The van der Waals surface area contributed by atoms with Gasteiger partial charge in [0.1, 0.15) is 10.8 Å². The van der Waals surface area contributed by atoms with Crippen LogP contribution in [0, 0.1) is 6.92 Å². The number of ether oxygens (including phenoxy) is 1. The SMILES string of the molecule is CCCNCc1cnc(Oc2ccc(C)cc2Cl)c(Cl)c1. The first-order valence-electron chi connectivity index (χ1n) is 6.89. The summed E-state index contributed by atoms with van der Waals surface area (Å²) in [5.74, 6) is 0.912. The van der Waals surface area contributed by atoms with Crippen LogP contribution < -0.4 is 10.1 Å². The third-order valence-corrected chi connectivity index (χ3v) is 3.48. The minimum Gasteiger partial charge on any atom is -0.436 e. The van der Waals surface area contributed by atoms with Gasteiger partial charge in [0, 0.05) is 12.7 Å². The molecular formula is C16H18Cl2N2O. The summed E-state index contributed by atoms with van der Waals surface area (Å²) in [6.07, 6.45) is 2.85. The number of pyridine rings is 1. The van der Waals surface area contributed by atoms with E-state index in [0.717, 1.165) is 30.6 Å². The highest BCUT2D eigenvalue weighted by Gasteiger charge is 2.09. The average Bonchev–Trinajstić information content (AvgIpc) is 2.44. The molecule has 0 aliphatic rings. The summed E-state index contributed by atoms with van der Waals surface area (Å²) in [4.78, 5) is 4.26. The molecule has 0 saturated carbocycles. The van der Waals surface area contributed by atoms with E-state index >= 15 is 0 Å². The van der Waals surface area contributed by atoms with Gasteiger partial charge in [0.05, 0.1) is 5.02 Å². The molecule has 0 spiro atoms. The van der Waals surface area contributed by atoms with E-state index in [1.54, 1.807) is 6.20 Å². The molecule has 2 aromatic rings. The molecule has 0 amide bonds. The Morgan fingerprint density at radius 3 is 2.67 bits per heavy atom. The van der Waals surface area contributed by atoms with Gasteiger partial charge < -0.3 is 10.1 Å². The van der Waals surface area contributed by atoms with Crippen molar-refractivity contribution in [3.63, 3.8) is 0 Å². The molecule has 0 bridgehead atoms. The van der Waals surface area contributed by atoms with E-state index < -0.39 is 0 Å². The predicted octanol–water partition coefficient (Wildman–Crippen LogP) is 4.99. The third-order valence-electron chi connectivity index (χ3n) is 2.91. The van der Waals surface area contributed by atoms with Crippen LogP contribution in [-0.2, 0) is 6.54 Å². The summed E-state index contributed by atoms with van der Waals surface area (Å²) in [6, 6.07) is 7.44. The first-order chi connectivity index (χ1) is 10.1. The zero-order valence-electron chi connectivity index (χ0n) is 12.1. The van der Waals surface area contributed by atoms with Crippen molar-refractivity contribution in [2.24, 2.45) is 0 Å². The maximum atomic E-state index is 6.22. The van der Waals surface area contributed by atoms with Crippen LogP contribution in [0.4, 0.5) is 0 Å². The summed E-state index contributed by atoms with van der Waals surface area (Å²) in [7, 11) is 0. The second-order valence-electron chi connectivity index (χ2n) is 4.84. The van der Waals surface area contributed by atoms with Crippen molar-refractivity contribution in [3.8, 4) is 11.6 Å². The van der Waals surface area contributed by atoms with Crippen LogP contribution in [0.3, 0.4) is 0 Å². The van der Waals surface area contributed by atoms with Crippen molar-refractivity contribution in [2.75, 3.05) is 6.54 Å². The normalized spacial score (nSPS) is 10.7. The topological polar surface area (TPSA) is 34.2 Å². The van der Waals surface area contributed by atoms with Crippen LogP contribution >= 0.6 is 23.2 Å². The van der Waals surface area contributed by atoms with Gasteiger partial charge in [0.15, 0.2) is 0 Å². The Hall–Kier alpha value is -1.29. The molecule has 0 aliphatic heterocycles. The number of hydrogen-bond donors (Lipinski definition) is 1. The molecule has 5 heteroatoms. The molecule has 1 aromatic carbocycles. The average molecular weight is 325 g/mol. The largest absolute Gasteiger partial charge is 0.436 e. The van der Waals surface area contributed by atoms with Crippen LogP contribution in [-0.4, -0.2) is 11.5 Å². The van der Waals surface area contributed by atoms with Crippen LogP contribution in [0.5, 0.6) is 11.6 Å². The standard InChI is InChI=1S/C16H18Cl2N2O/c1-3-6-19-9-12-8-14(18)16(20-10-12)21-15-5-4-11(2)7-13(15)17/h4-5,7-8,10,19H,3,6,9H2,1-2H3. The van der Waals surface area contributed by atoms with Gasteiger partial charge in [-0.1, -0.05) is 36.2 Å². The van der Waals surface area contributed by atoms with Crippen molar-refractivity contribution < 1.29 is 4.74 Å². The highest BCUT2D eigenvalue weighted by atomic mass is 35.5. The van der Waals surface area contributed by atoms with Gasteiger partial charge in [-0.3, -0.25) is 0 Å². The Kier molecular flexibility index (Phi) is 5.85. The van der Waals surface area contributed by atoms with E-state index in [9.17, 15) is 0 Å². The molecule has 0 saturated heterocycles. The van der Waals surface area contributed by atoms with E-state index in [0.29, 0.717) is 21.7 Å². The lowest BCUT2D eigenvalue weighted by molar-refractivity contribution is 0.462. The maximum Gasteiger partial charge on any atom is 0.238 e. The molecule has 0 atom stereocenters. The van der Waals surface area contributed by atoms with Crippen molar-refractivity contribution in [1.29, 1.82) is 0 Å². The minimum absolute atomic E-state index is 0.363. The highest BCUT2D eigenvalue weighted by Crippen LogP contribution is 2.32. The van der Waals surface area contributed by atoms with Gasteiger partial charge in [0.25, 0.3) is 0 Å². The number of aromatic nitrogens is 1. The molecular weight excluding hydrogens is 307 g/mol. The number of rotatable bonds is 6. The van der Waals surface area contributed by atoms with Gasteiger partial charge in [-0.05, 0) is 49.2 Å². The molecule has 0 radical (unpaired) electrons. The molecule has 0 aliphatic carbocycles. The number of halogens is 2. The molecule has 2 rings (SSSR count). The Bertz CT molecular complexity index is 617. The molecule has 1 heterocycles. The van der Waals surface area contributed by atoms with Crippen LogP contribution in [0.25, 0.3) is 0 Å². The first kappa shape index (κ1) is 16.1. The van der Waals surface area contributed by atoms with Crippen molar-refractivity contribution in [1.82, 2.24) is 10.3 Å². The smallest absolute Gasteiger partial charge is 0.238 e. The van der Waals surface area contributed by atoms with E-state index in [1.807, 2.05) is 31.2 Å². The summed E-state index contributed by atoms with van der Waals surface area (Å²) < 4.78 is 5.68.